The Balaban J connectivity index is 1.99. The summed E-state index contributed by atoms with van der Waals surface area (Å²) in [6.45, 7) is 2.03. The Hall–Kier alpha value is -3.55. The van der Waals surface area contributed by atoms with Gasteiger partial charge in [0.1, 0.15) is 11.5 Å². The van der Waals surface area contributed by atoms with Crippen molar-refractivity contribution in [1.29, 1.82) is 0 Å². The third-order valence-electron chi connectivity index (χ3n) is 3.54. The van der Waals surface area contributed by atoms with E-state index in [2.05, 4.69) is 10.6 Å². The van der Waals surface area contributed by atoms with Crippen molar-refractivity contribution in [1.82, 2.24) is 10.6 Å². The highest BCUT2D eigenvalue weighted by molar-refractivity contribution is 5.97. The number of urea groups is 1. The van der Waals surface area contributed by atoms with Gasteiger partial charge in [0, 0.05) is 12.6 Å². The lowest BCUT2D eigenvalue weighted by Crippen LogP contribution is -2.41. The van der Waals surface area contributed by atoms with Crippen molar-refractivity contribution in [2.24, 2.45) is 0 Å². The van der Waals surface area contributed by atoms with E-state index < -0.39 is 30.6 Å². The maximum absolute atomic E-state index is 12.3. The predicted octanol–water partition coefficient (Wildman–Crippen LogP) is 2.20. The van der Waals surface area contributed by atoms with Crippen molar-refractivity contribution < 1.29 is 28.6 Å². The quantitative estimate of drug-likeness (QED) is 0.675. The number of hydrogen-bond donors (Lipinski definition) is 2. The van der Waals surface area contributed by atoms with Gasteiger partial charge in [-0.15, -0.1) is 0 Å². The molecule has 148 valence electrons. The molecule has 8 nitrogen and oxygen atoms in total. The van der Waals surface area contributed by atoms with Crippen LogP contribution in [0.2, 0.25) is 0 Å². The maximum Gasteiger partial charge on any atom is 0.345 e. The molecule has 0 unspecified atom stereocenters. The van der Waals surface area contributed by atoms with Gasteiger partial charge in [-0.1, -0.05) is 30.3 Å². The fourth-order valence-electron chi connectivity index (χ4n) is 2.25. The molecule has 0 radical (unpaired) electrons. The van der Waals surface area contributed by atoms with Crippen LogP contribution in [0.5, 0.6) is 11.5 Å². The number of rotatable bonds is 8. The average molecular weight is 386 g/mol. The van der Waals surface area contributed by atoms with Crippen LogP contribution in [-0.4, -0.2) is 38.2 Å². The number of esters is 1. The van der Waals surface area contributed by atoms with Crippen LogP contribution in [0.1, 0.15) is 18.6 Å². The first kappa shape index (κ1) is 20.8. The summed E-state index contributed by atoms with van der Waals surface area (Å²) in [5.74, 6) is -0.381. The monoisotopic (exact) mass is 386 g/mol. The Morgan fingerprint density at radius 3 is 2.11 bits per heavy atom. The summed E-state index contributed by atoms with van der Waals surface area (Å²) in [4.78, 5) is 35.9. The second-order valence-corrected chi connectivity index (χ2v) is 5.54. The minimum atomic E-state index is -1.28. The van der Waals surface area contributed by atoms with E-state index in [-0.39, 0.29) is 0 Å². The van der Waals surface area contributed by atoms with Gasteiger partial charge in [-0.2, -0.15) is 0 Å². The van der Waals surface area contributed by atoms with Crippen LogP contribution >= 0.6 is 0 Å². The second-order valence-electron chi connectivity index (χ2n) is 5.54. The van der Waals surface area contributed by atoms with Gasteiger partial charge >= 0.3 is 12.0 Å². The molecule has 2 aromatic rings. The van der Waals surface area contributed by atoms with Crippen molar-refractivity contribution in [3.63, 3.8) is 0 Å². The number of amides is 3. The first-order valence-corrected chi connectivity index (χ1v) is 8.66. The highest BCUT2D eigenvalue weighted by Gasteiger charge is 2.26. The van der Waals surface area contributed by atoms with Crippen molar-refractivity contribution in [3.05, 3.63) is 60.2 Å². The van der Waals surface area contributed by atoms with Crippen molar-refractivity contribution in [2.45, 2.75) is 13.0 Å². The number of hydrogen-bond acceptors (Lipinski definition) is 6. The number of carbonyl (C=O) groups is 3. The fourth-order valence-corrected chi connectivity index (χ4v) is 2.25. The van der Waals surface area contributed by atoms with Crippen LogP contribution in [0.25, 0.3) is 0 Å². The van der Waals surface area contributed by atoms with Gasteiger partial charge in [-0.25, -0.2) is 9.59 Å². The van der Waals surface area contributed by atoms with Gasteiger partial charge in [0.2, 0.25) is 6.10 Å². The molecular formula is C20H22N2O6. The molecule has 1 atom stereocenters. The van der Waals surface area contributed by atoms with E-state index in [1.54, 1.807) is 54.6 Å². The van der Waals surface area contributed by atoms with Crippen molar-refractivity contribution >= 4 is 17.9 Å². The molecule has 2 rings (SSSR count). The summed E-state index contributed by atoms with van der Waals surface area (Å²) in [6, 6.07) is 14.4. The molecule has 0 bridgehead atoms. The minimum absolute atomic E-state index is 0.398. The maximum atomic E-state index is 12.3. The topological polar surface area (TPSA) is 103 Å². The average Bonchev–Trinajstić information content (AvgIpc) is 2.72. The van der Waals surface area contributed by atoms with E-state index >= 15 is 0 Å². The predicted molar refractivity (Wildman–Crippen MR) is 101 cm³/mol. The molecule has 28 heavy (non-hydrogen) atoms. The smallest absolute Gasteiger partial charge is 0.345 e. The van der Waals surface area contributed by atoms with E-state index in [9.17, 15) is 14.4 Å². The highest BCUT2D eigenvalue weighted by atomic mass is 16.6. The lowest BCUT2D eigenvalue weighted by Gasteiger charge is -2.17. The summed E-state index contributed by atoms with van der Waals surface area (Å²) in [7, 11) is 1.37. The molecule has 0 spiro atoms. The molecule has 0 heterocycles. The Bertz CT molecular complexity index is 792. The van der Waals surface area contributed by atoms with Crippen LogP contribution in [0, 0.1) is 0 Å². The summed E-state index contributed by atoms with van der Waals surface area (Å²) in [5, 5.41) is 4.37. The van der Waals surface area contributed by atoms with E-state index in [4.69, 9.17) is 14.2 Å². The molecule has 0 aliphatic rings. The number of nitrogens with one attached hydrogen (secondary N) is 2. The largest absolute Gasteiger partial charge is 0.494 e. The summed E-state index contributed by atoms with van der Waals surface area (Å²) < 4.78 is 16.0. The Morgan fingerprint density at radius 1 is 0.929 bits per heavy atom. The molecule has 8 heteroatoms. The van der Waals surface area contributed by atoms with E-state index in [0.29, 0.717) is 23.7 Å². The third kappa shape index (κ3) is 6.31. The van der Waals surface area contributed by atoms with Gasteiger partial charge in [-0.3, -0.25) is 10.1 Å². The molecule has 0 aliphatic heterocycles. The summed E-state index contributed by atoms with van der Waals surface area (Å²) in [6.07, 6.45) is -1.28. The first-order valence-electron chi connectivity index (χ1n) is 8.66. The second kappa shape index (κ2) is 10.6. The van der Waals surface area contributed by atoms with E-state index in [1.807, 2.05) is 6.92 Å². The fraction of sp³-hybridized carbons (Fsp3) is 0.250. The van der Waals surface area contributed by atoms with Crippen LogP contribution in [0.3, 0.4) is 0 Å². The number of imide groups is 1. The molecular weight excluding hydrogens is 364 g/mol. The molecule has 3 amide bonds. The molecule has 0 saturated carbocycles. The third-order valence-corrected chi connectivity index (χ3v) is 3.54. The lowest BCUT2D eigenvalue weighted by atomic mass is 10.1. The Labute approximate surface area is 162 Å². The number of ether oxygens (including phenoxy) is 3. The van der Waals surface area contributed by atoms with Crippen LogP contribution < -0.4 is 20.1 Å². The Kier molecular flexibility index (Phi) is 7.83. The van der Waals surface area contributed by atoms with Gasteiger partial charge < -0.3 is 19.5 Å². The van der Waals surface area contributed by atoms with Gasteiger partial charge in [-0.05, 0) is 31.2 Å². The Morgan fingerprint density at radius 2 is 1.54 bits per heavy atom. The summed E-state index contributed by atoms with van der Waals surface area (Å²) in [5.41, 5.74) is 0.429. The molecule has 0 aromatic heterocycles. The molecule has 0 saturated heterocycles. The number of carbonyl (C=O) groups excluding carboxylic acids is 3. The van der Waals surface area contributed by atoms with E-state index in [1.165, 1.54) is 7.05 Å². The SMILES string of the molecule is CCOc1ccc(OCC(=O)O[C@@H](C(=O)NC(=O)NC)c2ccccc2)cc1. The lowest BCUT2D eigenvalue weighted by molar-refractivity contribution is -0.158. The molecule has 2 N–H and O–H groups in total. The van der Waals surface area contributed by atoms with Gasteiger partial charge in [0.25, 0.3) is 5.91 Å². The molecule has 2 aromatic carbocycles. The summed E-state index contributed by atoms with van der Waals surface area (Å²) >= 11 is 0. The van der Waals surface area contributed by atoms with Crippen molar-refractivity contribution in [2.75, 3.05) is 20.3 Å². The zero-order valence-corrected chi connectivity index (χ0v) is 15.6. The van der Waals surface area contributed by atoms with Crippen LogP contribution in [0.15, 0.2) is 54.6 Å². The van der Waals surface area contributed by atoms with E-state index in [0.717, 1.165) is 0 Å². The highest BCUT2D eigenvalue weighted by Crippen LogP contribution is 2.20. The van der Waals surface area contributed by atoms with Gasteiger partial charge in [0.15, 0.2) is 6.61 Å². The van der Waals surface area contributed by atoms with Crippen LogP contribution in [-0.2, 0) is 14.3 Å². The first-order chi connectivity index (χ1) is 13.5. The molecule has 0 aliphatic carbocycles. The minimum Gasteiger partial charge on any atom is -0.494 e. The zero-order valence-electron chi connectivity index (χ0n) is 15.6. The van der Waals surface area contributed by atoms with Gasteiger partial charge in [0.05, 0.1) is 6.61 Å². The zero-order chi connectivity index (χ0) is 20.4. The normalized spacial score (nSPS) is 11.1. The number of benzene rings is 2. The van der Waals surface area contributed by atoms with Crippen LogP contribution in [0.4, 0.5) is 4.79 Å². The standard InChI is InChI=1S/C20H22N2O6/c1-3-26-15-9-11-16(12-10-15)27-13-17(23)28-18(14-7-5-4-6-8-14)19(24)22-20(25)21-2/h4-12,18H,3,13H2,1-2H3,(H2,21,22,24,25)/t18-/m1/s1. The molecule has 0 fully saturated rings. The van der Waals surface area contributed by atoms with Crippen molar-refractivity contribution in [3.8, 4) is 11.5 Å².